The Morgan fingerprint density at radius 3 is 2.47 bits per heavy atom. The molecule has 15 heteroatoms. The Labute approximate surface area is 318 Å². The number of para-hydroxylation sites is 1. The van der Waals surface area contributed by atoms with E-state index in [1.165, 1.54) is 11.6 Å². The molecule has 55 heavy (non-hydrogen) atoms. The van der Waals surface area contributed by atoms with Crippen molar-refractivity contribution >= 4 is 62.7 Å². The molecule has 1 atom stereocenters. The van der Waals surface area contributed by atoms with Crippen LogP contribution in [0.25, 0.3) is 21.8 Å². The number of hydrogen-bond acceptors (Lipinski definition) is 11. The number of likely N-dealkylation sites (N-methyl/N-ethyl adjacent to an activating group) is 1. The molecule has 0 bridgehead atoms. The third-order valence-corrected chi connectivity index (χ3v) is 10.9. The van der Waals surface area contributed by atoms with Crippen molar-refractivity contribution in [1.29, 1.82) is 0 Å². The number of carbonyl (C=O) groups is 3. The van der Waals surface area contributed by atoms with Crippen LogP contribution in [0.5, 0.6) is 5.75 Å². The first-order valence-corrected chi connectivity index (χ1v) is 19.0. The van der Waals surface area contributed by atoms with E-state index in [1.807, 2.05) is 48.3 Å². The number of benzene rings is 2. The Hall–Kier alpha value is -5.99. The number of piperidine rings is 1. The molecule has 288 valence electrons. The van der Waals surface area contributed by atoms with Crippen LogP contribution in [0.3, 0.4) is 0 Å². The summed E-state index contributed by atoms with van der Waals surface area (Å²) in [7, 11) is 5.10. The maximum atomic E-state index is 12.8. The van der Waals surface area contributed by atoms with Gasteiger partial charge in [0.05, 0.1) is 28.3 Å². The van der Waals surface area contributed by atoms with Gasteiger partial charge in [-0.3, -0.25) is 29.2 Å². The number of nitrogens with one attached hydrogen (secondary N) is 5. The maximum absolute atomic E-state index is 12.8. The molecule has 1 saturated carbocycles. The molecule has 5 aromatic rings. The summed E-state index contributed by atoms with van der Waals surface area (Å²) in [4.78, 5) is 58.3. The molecule has 3 amide bonds. The fourth-order valence-corrected chi connectivity index (χ4v) is 7.69. The number of aromatic nitrogens is 5. The molecule has 0 spiro atoms. The quantitative estimate of drug-likeness (QED) is 0.107. The minimum atomic E-state index is -0.430. The van der Waals surface area contributed by atoms with E-state index in [2.05, 4.69) is 44.6 Å². The maximum Gasteiger partial charge on any atom is 0.293 e. The molecule has 5 N–H and O–H groups in total. The number of anilines is 4. The molecular formula is C40H48N10O5. The molecular weight excluding hydrogens is 701 g/mol. The summed E-state index contributed by atoms with van der Waals surface area (Å²) in [6.45, 7) is 3.45. The third-order valence-electron chi connectivity index (χ3n) is 10.9. The van der Waals surface area contributed by atoms with Crippen LogP contribution < -0.4 is 36.9 Å². The van der Waals surface area contributed by atoms with Gasteiger partial charge in [-0.05, 0) is 80.7 Å². The molecule has 1 aliphatic heterocycles. The monoisotopic (exact) mass is 748 g/mol. The second kappa shape index (κ2) is 16.2. The van der Waals surface area contributed by atoms with E-state index in [4.69, 9.17) is 14.8 Å². The van der Waals surface area contributed by atoms with Crippen molar-refractivity contribution in [2.45, 2.75) is 57.8 Å². The van der Waals surface area contributed by atoms with E-state index in [0.29, 0.717) is 36.4 Å². The lowest BCUT2D eigenvalue weighted by molar-refractivity contribution is -0.134. The molecule has 2 fully saturated rings. The number of pyridine rings is 1. The molecule has 0 radical (unpaired) electrons. The highest BCUT2D eigenvalue weighted by molar-refractivity contribution is 6.03. The zero-order valence-corrected chi connectivity index (χ0v) is 31.7. The Bertz CT molecular complexity index is 2310. The summed E-state index contributed by atoms with van der Waals surface area (Å²) in [5, 5.41) is 22.0. The minimum absolute atomic E-state index is 0.105. The number of fused-ring (bicyclic) bond motifs is 2. The topological polar surface area (TPSA) is 186 Å². The van der Waals surface area contributed by atoms with E-state index in [0.717, 1.165) is 89.6 Å². The van der Waals surface area contributed by atoms with E-state index < -0.39 is 5.92 Å². The predicted molar refractivity (Wildman–Crippen MR) is 212 cm³/mol. The standard InChI is InChI=1S/C40H48N10O5/c1-5-25-21-44-40(47-37(25)45-27-13-15-31-26(17-27)18-32(39(54)49(31)3)55-22-34(52)41-2)43-20-24-11-9-23(10-12-24)19-42-30-8-6-7-28-35(48-50(4)36(28)30)29-14-16-33(51)46-38(29)53/h6-8,13,15,17-18,21,23-24,29,42H,5,9-12,14,16,19-20,22H2,1-4H3,(H,41,52)(H,46,51,53)(H2,43,44,45,47). The van der Waals surface area contributed by atoms with Gasteiger partial charge in [-0.1, -0.05) is 19.1 Å². The van der Waals surface area contributed by atoms with Gasteiger partial charge in [0, 0.05) is 68.9 Å². The van der Waals surface area contributed by atoms with Gasteiger partial charge in [0.1, 0.15) is 5.82 Å². The largest absolute Gasteiger partial charge is 0.478 e. The van der Waals surface area contributed by atoms with Gasteiger partial charge >= 0.3 is 0 Å². The Kier molecular flexibility index (Phi) is 11.0. The van der Waals surface area contributed by atoms with Gasteiger partial charge in [0.15, 0.2) is 12.4 Å². The molecule has 7 rings (SSSR count). The van der Waals surface area contributed by atoms with Crippen LogP contribution in [0, 0.1) is 11.8 Å². The average molecular weight is 749 g/mol. The Morgan fingerprint density at radius 2 is 1.75 bits per heavy atom. The Balaban J connectivity index is 0.944. The molecule has 4 heterocycles. The van der Waals surface area contributed by atoms with Gasteiger partial charge in [0.25, 0.3) is 11.5 Å². The van der Waals surface area contributed by atoms with Crippen LogP contribution in [0.1, 0.15) is 62.6 Å². The van der Waals surface area contributed by atoms with Crippen LogP contribution in [0.4, 0.5) is 23.1 Å². The highest BCUT2D eigenvalue weighted by Gasteiger charge is 2.32. The molecule has 2 aromatic carbocycles. The highest BCUT2D eigenvalue weighted by Crippen LogP contribution is 2.35. The molecule has 15 nitrogen and oxygen atoms in total. The van der Waals surface area contributed by atoms with Crippen LogP contribution in [0.15, 0.2) is 53.5 Å². The summed E-state index contributed by atoms with van der Waals surface area (Å²) in [6, 6.07) is 13.4. The molecule has 2 aliphatic rings. The normalized spacial score (nSPS) is 18.6. The number of hydrogen-bond donors (Lipinski definition) is 5. The minimum Gasteiger partial charge on any atom is -0.478 e. The highest BCUT2D eigenvalue weighted by atomic mass is 16.5. The van der Waals surface area contributed by atoms with Gasteiger partial charge in [-0.15, -0.1) is 0 Å². The van der Waals surface area contributed by atoms with Crippen molar-refractivity contribution in [2.24, 2.45) is 25.9 Å². The molecule has 1 aliphatic carbocycles. The van der Waals surface area contributed by atoms with E-state index in [-0.39, 0.29) is 35.6 Å². The van der Waals surface area contributed by atoms with E-state index >= 15 is 0 Å². The number of imide groups is 1. The average Bonchev–Trinajstić information content (AvgIpc) is 3.53. The van der Waals surface area contributed by atoms with Gasteiger partial charge < -0.3 is 30.6 Å². The third kappa shape index (κ3) is 8.10. The summed E-state index contributed by atoms with van der Waals surface area (Å²) in [5.41, 5.74) is 4.88. The van der Waals surface area contributed by atoms with Crippen molar-refractivity contribution in [1.82, 2.24) is 34.9 Å². The van der Waals surface area contributed by atoms with Crippen LogP contribution in [-0.2, 0) is 34.9 Å². The molecule has 1 unspecified atom stereocenters. The van der Waals surface area contributed by atoms with Crippen molar-refractivity contribution in [3.05, 3.63) is 70.3 Å². The van der Waals surface area contributed by atoms with Gasteiger partial charge in [0.2, 0.25) is 17.8 Å². The molecule has 1 saturated heterocycles. The van der Waals surface area contributed by atoms with Crippen molar-refractivity contribution in [3.63, 3.8) is 0 Å². The van der Waals surface area contributed by atoms with E-state index in [9.17, 15) is 19.2 Å². The number of aryl methyl sites for hydroxylation is 3. The summed E-state index contributed by atoms with van der Waals surface area (Å²) >= 11 is 0. The second-order valence-corrected chi connectivity index (χ2v) is 14.5. The second-order valence-electron chi connectivity index (χ2n) is 14.5. The fraction of sp³-hybridized carbons (Fsp3) is 0.425. The first-order chi connectivity index (χ1) is 26.6. The zero-order valence-electron chi connectivity index (χ0n) is 31.7. The lowest BCUT2D eigenvalue weighted by Gasteiger charge is -2.29. The van der Waals surface area contributed by atoms with E-state index in [1.54, 1.807) is 13.1 Å². The first-order valence-electron chi connectivity index (χ1n) is 19.0. The SMILES string of the molecule is CCc1cnc(NCC2CCC(CNc3cccc4c(C5CCC(=O)NC5=O)nn(C)c34)CC2)nc1Nc1ccc2c(c1)cc(OCC(=O)NC)c(=O)n2C. The summed E-state index contributed by atoms with van der Waals surface area (Å²) in [6.07, 6.45) is 7.80. The number of amides is 3. The van der Waals surface area contributed by atoms with Gasteiger partial charge in [-0.25, -0.2) is 4.98 Å². The van der Waals surface area contributed by atoms with Crippen molar-refractivity contribution in [2.75, 3.05) is 42.7 Å². The number of ether oxygens (including phenoxy) is 1. The smallest absolute Gasteiger partial charge is 0.293 e. The number of carbonyl (C=O) groups excluding carboxylic acids is 3. The summed E-state index contributed by atoms with van der Waals surface area (Å²) < 4.78 is 8.87. The van der Waals surface area contributed by atoms with Crippen molar-refractivity contribution in [3.8, 4) is 5.75 Å². The fourth-order valence-electron chi connectivity index (χ4n) is 7.69. The Morgan fingerprint density at radius 1 is 0.982 bits per heavy atom. The predicted octanol–water partition coefficient (Wildman–Crippen LogP) is 4.50. The number of rotatable bonds is 13. The van der Waals surface area contributed by atoms with Crippen LogP contribution in [-0.4, -0.2) is 68.8 Å². The van der Waals surface area contributed by atoms with Crippen molar-refractivity contribution < 1.29 is 19.1 Å². The summed E-state index contributed by atoms with van der Waals surface area (Å²) in [5.74, 6) is 1.17. The lowest BCUT2D eigenvalue weighted by atomic mass is 9.82. The zero-order chi connectivity index (χ0) is 38.6. The van der Waals surface area contributed by atoms with Crippen LogP contribution >= 0.6 is 0 Å². The lowest BCUT2D eigenvalue weighted by Crippen LogP contribution is -2.39. The molecule has 3 aromatic heterocycles. The number of nitrogens with zero attached hydrogens (tertiary/aromatic N) is 5. The van der Waals surface area contributed by atoms with Crippen LogP contribution in [0.2, 0.25) is 0 Å². The van der Waals surface area contributed by atoms with Gasteiger partial charge in [-0.2, -0.15) is 10.1 Å². The first kappa shape index (κ1) is 37.3.